The molecule has 0 saturated heterocycles. The molecule has 0 bridgehead atoms. The number of hydrogen-bond donors (Lipinski definition) is 1. The first-order valence-corrected chi connectivity index (χ1v) is 7.68. The topological polar surface area (TPSA) is 89.1 Å². The minimum atomic E-state index is -5.22. The smallest absolute Gasteiger partial charge is 0.240 e. The first-order chi connectivity index (χ1) is 7.68. The number of nitrogens with zero attached hydrogens (tertiary/aromatic N) is 2. The molecular weight excluding hydrogens is 273 g/mol. The Morgan fingerprint density at radius 1 is 1.35 bits per heavy atom. The van der Waals surface area contributed by atoms with Gasteiger partial charge in [-0.1, -0.05) is 8.01 Å². The Kier molecular flexibility index (Phi) is 4.22. The van der Waals surface area contributed by atoms with Crippen molar-refractivity contribution in [3.05, 3.63) is 18.7 Å². The van der Waals surface area contributed by atoms with Crippen molar-refractivity contribution < 1.29 is 25.3 Å². The average molecular weight is 286 g/mol. The Morgan fingerprint density at radius 3 is 2.47 bits per heavy atom. The van der Waals surface area contributed by atoms with E-state index >= 15 is 0 Å². The first kappa shape index (κ1) is 14.1. The summed E-state index contributed by atoms with van der Waals surface area (Å²) in [6, 6.07) is 0. The van der Waals surface area contributed by atoms with Gasteiger partial charge in [0.1, 0.15) is 12.4 Å². The van der Waals surface area contributed by atoms with Crippen molar-refractivity contribution in [2.24, 2.45) is 7.05 Å². The molecule has 0 spiro atoms. The standard InChI is InChI=1S/C7H13FN3O4S2/c1-10-4-5-11(7-10)3-2-6-16(12,13)9-17(8,14)15/h4-5,7,9H,2-3,6H2,1H3/q+1. The van der Waals surface area contributed by atoms with E-state index in [1.165, 1.54) is 0 Å². The van der Waals surface area contributed by atoms with E-state index in [9.17, 15) is 20.7 Å². The molecule has 1 N–H and O–H groups in total. The molecule has 17 heavy (non-hydrogen) atoms. The van der Waals surface area contributed by atoms with Gasteiger partial charge in [-0.25, -0.2) is 17.6 Å². The van der Waals surface area contributed by atoms with Gasteiger partial charge in [-0.2, -0.15) is 8.42 Å². The molecule has 0 atom stereocenters. The Hall–Kier alpha value is -1.00. The molecule has 0 aliphatic rings. The predicted octanol–water partition coefficient (Wildman–Crippen LogP) is -1.16. The third-order valence-electron chi connectivity index (χ3n) is 1.88. The predicted molar refractivity (Wildman–Crippen MR) is 57.2 cm³/mol. The lowest BCUT2D eigenvalue weighted by molar-refractivity contribution is -0.671. The highest BCUT2D eigenvalue weighted by Gasteiger charge is 2.19. The lowest BCUT2D eigenvalue weighted by Crippen LogP contribution is -2.30. The van der Waals surface area contributed by atoms with E-state index in [4.69, 9.17) is 0 Å². The van der Waals surface area contributed by atoms with Crippen molar-refractivity contribution in [2.75, 3.05) is 5.75 Å². The summed E-state index contributed by atoms with van der Waals surface area (Å²) >= 11 is 0. The van der Waals surface area contributed by atoms with Crippen molar-refractivity contribution in [3.63, 3.8) is 0 Å². The average Bonchev–Trinajstić information content (AvgIpc) is 2.46. The summed E-state index contributed by atoms with van der Waals surface area (Å²) in [5, 5.41) is 0. The summed E-state index contributed by atoms with van der Waals surface area (Å²) in [6.45, 7) is 0.397. The molecule has 0 fully saturated rings. The van der Waals surface area contributed by atoms with Crippen LogP contribution < -0.4 is 8.69 Å². The fourth-order valence-corrected chi connectivity index (χ4v) is 3.32. The second-order valence-electron chi connectivity index (χ2n) is 3.51. The summed E-state index contributed by atoms with van der Waals surface area (Å²) in [5.41, 5.74) is 0. The highest BCUT2D eigenvalue weighted by Crippen LogP contribution is 1.97. The zero-order valence-electron chi connectivity index (χ0n) is 9.08. The second-order valence-corrected chi connectivity index (χ2v) is 6.69. The molecule has 0 saturated carbocycles. The van der Waals surface area contributed by atoms with Crippen molar-refractivity contribution in [1.29, 1.82) is 0 Å². The van der Waals surface area contributed by atoms with Gasteiger partial charge in [-0.3, -0.25) is 0 Å². The molecule has 0 aliphatic carbocycles. The van der Waals surface area contributed by atoms with Crippen LogP contribution >= 0.6 is 0 Å². The van der Waals surface area contributed by atoms with E-state index in [1.807, 2.05) is 7.05 Å². The molecule has 10 heteroatoms. The number of halogens is 1. The minimum absolute atomic E-state index is 0.180. The maximum absolute atomic E-state index is 12.1. The van der Waals surface area contributed by atoms with Crippen LogP contribution in [0.15, 0.2) is 18.7 Å². The third-order valence-corrected chi connectivity index (χ3v) is 4.52. The molecule has 1 aromatic rings. The zero-order valence-corrected chi connectivity index (χ0v) is 10.7. The Balaban J connectivity index is 2.46. The molecule has 1 heterocycles. The first-order valence-electron chi connectivity index (χ1n) is 4.65. The lowest BCUT2D eigenvalue weighted by Gasteiger charge is -2.01. The fourth-order valence-electron chi connectivity index (χ4n) is 1.26. The summed E-state index contributed by atoms with van der Waals surface area (Å²) < 4.78 is 59.0. The monoisotopic (exact) mass is 286 g/mol. The number of aromatic nitrogens is 2. The largest absolute Gasteiger partial charge is 0.385 e. The molecule has 0 aliphatic heterocycles. The zero-order chi connectivity index (χ0) is 13.1. The molecular formula is C7H13FN3O4S2+. The second kappa shape index (κ2) is 5.10. The molecule has 7 nitrogen and oxygen atoms in total. The van der Waals surface area contributed by atoms with E-state index < -0.39 is 26.2 Å². The van der Waals surface area contributed by atoms with Crippen LogP contribution in [0.4, 0.5) is 3.89 Å². The van der Waals surface area contributed by atoms with Gasteiger partial charge >= 0.3 is 10.4 Å². The molecule has 0 aromatic carbocycles. The summed E-state index contributed by atoms with van der Waals surface area (Å²) in [5.74, 6) is -0.460. The van der Waals surface area contributed by atoms with E-state index in [-0.39, 0.29) is 6.42 Å². The van der Waals surface area contributed by atoms with E-state index in [1.54, 1.807) is 27.9 Å². The van der Waals surface area contributed by atoms with E-state index in [2.05, 4.69) is 0 Å². The molecule has 0 unspecified atom stereocenters. The molecule has 1 aromatic heterocycles. The highest BCUT2D eigenvalue weighted by atomic mass is 32.3. The molecule has 0 radical (unpaired) electrons. The Bertz CT molecular complexity index is 578. The van der Waals surface area contributed by atoms with Gasteiger partial charge in [0.15, 0.2) is 0 Å². The van der Waals surface area contributed by atoms with Crippen LogP contribution in [-0.4, -0.2) is 27.2 Å². The lowest BCUT2D eigenvalue weighted by atomic mass is 10.5. The van der Waals surface area contributed by atoms with Gasteiger partial charge < -0.3 is 0 Å². The van der Waals surface area contributed by atoms with Crippen molar-refractivity contribution in [2.45, 2.75) is 13.0 Å². The maximum atomic E-state index is 12.1. The van der Waals surface area contributed by atoms with Crippen LogP contribution in [0, 0.1) is 0 Å². The van der Waals surface area contributed by atoms with Crippen LogP contribution in [0.5, 0.6) is 0 Å². The van der Waals surface area contributed by atoms with Crippen LogP contribution in [0.1, 0.15) is 6.42 Å². The minimum Gasteiger partial charge on any atom is -0.240 e. The summed E-state index contributed by atoms with van der Waals surface area (Å²) in [6.07, 6.45) is 5.44. The van der Waals surface area contributed by atoms with Crippen LogP contribution in [-0.2, 0) is 34.0 Å². The SMILES string of the molecule is C[n+]1ccn(CCCS(=O)(=O)NS(=O)(=O)F)c1. The number of nitrogens with one attached hydrogen (secondary N) is 1. The summed E-state index contributed by atoms with van der Waals surface area (Å²) in [7, 11) is -7.55. The van der Waals surface area contributed by atoms with Gasteiger partial charge in [0.25, 0.3) is 0 Å². The van der Waals surface area contributed by atoms with Gasteiger partial charge in [0, 0.05) is 6.42 Å². The van der Waals surface area contributed by atoms with Crippen molar-refractivity contribution >= 4 is 20.4 Å². The van der Waals surface area contributed by atoms with Gasteiger partial charge in [0.2, 0.25) is 16.4 Å². The summed E-state index contributed by atoms with van der Waals surface area (Å²) in [4.78, 5) is 0. The number of sulfonamides is 1. The highest BCUT2D eigenvalue weighted by molar-refractivity contribution is 8.02. The van der Waals surface area contributed by atoms with Crippen LogP contribution in [0.2, 0.25) is 0 Å². The number of hydrogen-bond acceptors (Lipinski definition) is 4. The fraction of sp³-hybridized carbons (Fsp3) is 0.571. The van der Waals surface area contributed by atoms with E-state index in [0.717, 1.165) is 4.13 Å². The van der Waals surface area contributed by atoms with Gasteiger partial charge in [-0.05, 0) is 0 Å². The number of imidazole rings is 1. The maximum Gasteiger partial charge on any atom is 0.385 e. The molecule has 0 amide bonds. The molecule has 1 rings (SSSR count). The van der Waals surface area contributed by atoms with Crippen molar-refractivity contribution in [1.82, 2.24) is 8.69 Å². The van der Waals surface area contributed by atoms with Crippen molar-refractivity contribution in [3.8, 4) is 0 Å². The quantitative estimate of drug-likeness (QED) is 0.527. The van der Waals surface area contributed by atoms with Gasteiger partial charge in [0.05, 0.1) is 19.3 Å². The third kappa shape index (κ3) is 5.75. The normalized spacial score (nSPS) is 12.8. The molecule has 98 valence electrons. The van der Waals surface area contributed by atoms with E-state index in [0.29, 0.717) is 6.54 Å². The van der Waals surface area contributed by atoms with Gasteiger partial charge in [-0.15, -0.1) is 0 Å². The number of aryl methyl sites for hydroxylation is 2. The van der Waals surface area contributed by atoms with Crippen LogP contribution in [0.3, 0.4) is 0 Å². The Labute approximate surface area is 99.3 Å². The van der Waals surface area contributed by atoms with Crippen LogP contribution in [0.25, 0.3) is 0 Å². The number of rotatable bonds is 6. The Morgan fingerprint density at radius 2 is 2.00 bits per heavy atom.